The lowest BCUT2D eigenvalue weighted by Crippen LogP contribution is -2.46. The van der Waals surface area contributed by atoms with E-state index in [1.165, 1.54) is 0 Å². The van der Waals surface area contributed by atoms with Crippen molar-refractivity contribution < 1.29 is 9.53 Å². The first-order valence-electron chi connectivity index (χ1n) is 10.5. The van der Waals surface area contributed by atoms with Crippen LogP contribution in [0.25, 0.3) is 0 Å². The van der Waals surface area contributed by atoms with Crippen molar-refractivity contribution in [1.29, 1.82) is 5.26 Å². The highest BCUT2D eigenvalue weighted by Crippen LogP contribution is 2.35. The van der Waals surface area contributed by atoms with Gasteiger partial charge in [-0.3, -0.25) is 0 Å². The number of halogens is 2. The molecule has 2 aromatic rings. The van der Waals surface area contributed by atoms with Crippen LogP contribution in [0, 0.1) is 11.3 Å². The lowest BCUT2D eigenvalue weighted by atomic mass is 10.1. The zero-order chi connectivity index (χ0) is 22.3. The van der Waals surface area contributed by atoms with Crippen LogP contribution < -0.4 is 10.2 Å². The van der Waals surface area contributed by atoms with Gasteiger partial charge in [-0.2, -0.15) is 5.26 Å². The van der Waals surface area contributed by atoms with E-state index in [2.05, 4.69) is 30.2 Å². The van der Waals surface area contributed by atoms with Gasteiger partial charge in [0.1, 0.15) is 24.2 Å². The molecule has 1 heterocycles. The van der Waals surface area contributed by atoms with Crippen LogP contribution in [-0.2, 0) is 11.3 Å². The molecule has 0 fully saturated rings. The molecular weight excluding hydrogens is 447 g/mol. The fourth-order valence-electron chi connectivity index (χ4n) is 3.95. The normalized spacial score (nSPS) is 17.3. The van der Waals surface area contributed by atoms with Gasteiger partial charge in [0.05, 0.1) is 18.2 Å². The van der Waals surface area contributed by atoms with E-state index in [1.54, 1.807) is 0 Å². The second-order valence-electron chi connectivity index (χ2n) is 7.82. The highest BCUT2D eigenvalue weighted by Gasteiger charge is 2.39. The minimum atomic E-state index is -0.794. The van der Waals surface area contributed by atoms with E-state index in [0.29, 0.717) is 28.3 Å². The number of nitrogens with zero attached hydrogens (tertiary/aromatic N) is 3. The quantitative estimate of drug-likeness (QED) is 0.381. The number of benzene rings is 2. The van der Waals surface area contributed by atoms with Gasteiger partial charge in [0.25, 0.3) is 0 Å². The Morgan fingerprint density at radius 3 is 2.62 bits per heavy atom. The van der Waals surface area contributed by atoms with E-state index in [1.807, 2.05) is 42.5 Å². The molecule has 0 aliphatic carbocycles. The molecule has 1 amide bonds. The molecule has 3 rings (SSSR count). The van der Waals surface area contributed by atoms with Crippen LogP contribution in [0.3, 0.4) is 0 Å². The summed E-state index contributed by atoms with van der Waals surface area (Å²) in [6.07, 6.45) is 4.70. The molecule has 32 heavy (non-hydrogen) atoms. The van der Waals surface area contributed by atoms with E-state index in [-0.39, 0.29) is 19.0 Å². The predicted molar refractivity (Wildman–Crippen MR) is 130 cm³/mol. The van der Waals surface area contributed by atoms with Gasteiger partial charge < -0.3 is 15.4 Å². The number of hydrogen-bond donors (Lipinski definition) is 1. The highest BCUT2D eigenvalue weighted by molar-refractivity contribution is 6.30. The molecule has 0 saturated carbocycles. The fourth-order valence-corrected chi connectivity index (χ4v) is 4.14. The third-order valence-electron chi connectivity index (χ3n) is 5.53. The van der Waals surface area contributed by atoms with Crippen LogP contribution in [0.1, 0.15) is 37.3 Å². The number of carbonyl (C=O) groups is 1. The van der Waals surface area contributed by atoms with Crippen molar-refractivity contribution in [2.75, 3.05) is 19.8 Å². The standard InChI is InChI=1S/C24H27ClN4O2.ClH/c1-2-3-4-12-29(23-7-5-6-21(25)13-23)16-22(17-31-24(27)30)28(18-29)15-20-10-8-19(14-26)9-11-20;/h5-11,13,16H,2-4,12,15,17-18H2,1H3,(H-,27,30);1H/p+1. The number of hydrogen-bond acceptors (Lipinski definition) is 4. The Balaban J connectivity index is 0.00000363. The van der Waals surface area contributed by atoms with Crippen molar-refractivity contribution >= 4 is 35.8 Å². The van der Waals surface area contributed by atoms with Crippen molar-refractivity contribution in [3.05, 3.63) is 76.6 Å². The Morgan fingerprint density at radius 1 is 1.25 bits per heavy atom. The smallest absolute Gasteiger partial charge is 0.404 e. The monoisotopic (exact) mass is 475 g/mol. The molecule has 1 aliphatic heterocycles. The molecule has 0 spiro atoms. The predicted octanol–water partition coefficient (Wildman–Crippen LogP) is 5.54. The second kappa shape index (κ2) is 11.8. The fraction of sp³-hybridized carbons (Fsp3) is 0.333. The van der Waals surface area contributed by atoms with Crippen LogP contribution in [0.4, 0.5) is 10.5 Å². The molecule has 1 aliphatic rings. The van der Waals surface area contributed by atoms with Gasteiger partial charge in [-0.15, -0.1) is 12.4 Å². The third-order valence-corrected chi connectivity index (χ3v) is 5.76. The van der Waals surface area contributed by atoms with Crippen LogP contribution in [0.2, 0.25) is 5.02 Å². The summed E-state index contributed by atoms with van der Waals surface area (Å²) in [5, 5.41) is 9.75. The number of rotatable bonds is 9. The summed E-state index contributed by atoms with van der Waals surface area (Å²) >= 11 is 6.32. The number of unbranched alkanes of at least 4 members (excludes halogenated alkanes) is 2. The van der Waals surface area contributed by atoms with Gasteiger partial charge in [0, 0.05) is 17.6 Å². The van der Waals surface area contributed by atoms with E-state index in [4.69, 9.17) is 27.3 Å². The van der Waals surface area contributed by atoms with Gasteiger partial charge in [-0.25, -0.2) is 9.28 Å². The topological polar surface area (TPSA) is 79.3 Å². The number of carbonyl (C=O) groups excluding carboxylic acids is 1. The third kappa shape index (κ3) is 6.39. The molecule has 2 aromatic carbocycles. The molecule has 0 aromatic heterocycles. The Hall–Kier alpha value is -2.72. The van der Waals surface area contributed by atoms with Gasteiger partial charge >= 0.3 is 6.09 Å². The minimum Gasteiger partial charge on any atom is -0.443 e. The maximum absolute atomic E-state index is 11.3. The van der Waals surface area contributed by atoms with Crippen LogP contribution >= 0.6 is 24.0 Å². The Kier molecular flexibility index (Phi) is 9.40. The lowest BCUT2D eigenvalue weighted by Gasteiger charge is -2.33. The van der Waals surface area contributed by atoms with Crippen molar-refractivity contribution in [3.8, 4) is 6.07 Å². The SMILES string of the molecule is CCCCC[N+]1(c2cccc(Cl)c2)C=C(COC(N)=O)N(Cc2ccc(C#N)cc2)C1.Cl. The van der Waals surface area contributed by atoms with Crippen molar-refractivity contribution in [2.24, 2.45) is 5.73 Å². The maximum atomic E-state index is 11.3. The van der Waals surface area contributed by atoms with Crippen LogP contribution in [0.5, 0.6) is 0 Å². The van der Waals surface area contributed by atoms with Crippen LogP contribution in [-0.4, -0.2) is 30.8 Å². The number of ether oxygens (including phenoxy) is 1. The summed E-state index contributed by atoms with van der Waals surface area (Å²) in [5.74, 6) is 0. The Bertz CT molecular complexity index is 988. The second-order valence-corrected chi connectivity index (χ2v) is 8.26. The van der Waals surface area contributed by atoms with E-state index in [0.717, 1.165) is 42.8 Å². The summed E-state index contributed by atoms with van der Waals surface area (Å²) in [4.78, 5) is 13.5. The molecule has 0 radical (unpaired) electrons. The number of nitrogens with two attached hydrogens (primary N) is 1. The first-order chi connectivity index (χ1) is 15.0. The Labute approximate surface area is 200 Å². The number of nitriles is 1. The molecule has 0 bridgehead atoms. The molecule has 8 heteroatoms. The largest absolute Gasteiger partial charge is 0.443 e. The number of quaternary nitrogens is 1. The zero-order valence-corrected chi connectivity index (χ0v) is 19.7. The summed E-state index contributed by atoms with van der Waals surface area (Å²) in [7, 11) is 0. The number of primary amides is 1. The van der Waals surface area contributed by atoms with E-state index < -0.39 is 6.09 Å². The van der Waals surface area contributed by atoms with Crippen molar-refractivity contribution in [1.82, 2.24) is 9.38 Å². The zero-order valence-electron chi connectivity index (χ0n) is 18.2. The summed E-state index contributed by atoms with van der Waals surface area (Å²) < 4.78 is 5.76. The minimum absolute atomic E-state index is 0. The molecule has 1 atom stereocenters. The maximum Gasteiger partial charge on any atom is 0.404 e. The first-order valence-corrected chi connectivity index (χ1v) is 10.8. The molecule has 6 nitrogen and oxygen atoms in total. The molecule has 0 saturated heterocycles. The summed E-state index contributed by atoms with van der Waals surface area (Å²) in [6.45, 7) is 4.54. The van der Waals surface area contributed by atoms with Gasteiger partial charge in [0.15, 0.2) is 6.67 Å². The van der Waals surface area contributed by atoms with Gasteiger partial charge in [0.2, 0.25) is 0 Å². The lowest BCUT2D eigenvalue weighted by molar-refractivity contribution is 0.153. The highest BCUT2D eigenvalue weighted by atomic mass is 35.5. The average Bonchev–Trinajstić information content (AvgIpc) is 3.11. The molecular formula is C24H29Cl2N4O2+. The van der Waals surface area contributed by atoms with Crippen molar-refractivity contribution in [3.63, 3.8) is 0 Å². The summed E-state index contributed by atoms with van der Waals surface area (Å²) in [6, 6.07) is 17.6. The van der Waals surface area contributed by atoms with Gasteiger partial charge in [-0.1, -0.05) is 43.1 Å². The molecule has 1 unspecified atom stereocenters. The van der Waals surface area contributed by atoms with Crippen LogP contribution in [0.15, 0.2) is 60.4 Å². The van der Waals surface area contributed by atoms with E-state index in [9.17, 15) is 4.79 Å². The van der Waals surface area contributed by atoms with Crippen molar-refractivity contribution in [2.45, 2.75) is 32.7 Å². The molecule has 2 N–H and O–H groups in total. The number of amides is 1. The van der Waals surface area contributed by atoms with E-state index >= 15 is 0 Å². The Morgan fingerprint density at radius 2 is 2.00 bits per heavy atom. The average molecular weight is 476 g/mol. The first kappa shape index (κ1) is 25.5. The molecule has 170 valence electrons. The van der Waals surface area contributed by atoms with Gasteiger partial charge in [-0.05, 0) is 42.7 Å². The summed E-state index contributed by atoms with van der Waals surface area (Å²) in [5.41, 5.74) is 8.94.